The molecule has 0 saturated carbocycles. The topological polar surface area (TPSA) is 78.0 Å². The lowest BCUT2D eigenvalue weighted by Gasteiger charge is -2.14. The fourth-order valence-electron chi connectivity index (χ4n) is 2.93. The lowest BCUT2D eigenvalue weighted by molar-refractivity contribution is -0.128. The van der Waals surface area contributed by atoms with Crippen molar-refractivity contribution in [3.8, 4) is 22.1 Å². The van der Waals surface area contributed by atoms with Gasteiger partial charge in [0.1, 0.15) is 16.5 Å². The van der Waals surface area contributed by atoms with Crippen LogP contribution in [-0.4, -0.2) is 55.7 Å². The first-order valence-corrected chi connectivity index (χ1v) is 9.50. The number of benzene rings is 1. The molecular weight excluding hydrogens is 368 g/mol. The van der Waals surface area contributed by atoms with Gasteiger partial charge in [-0.3, -0.25) is 4.79 Å². The van der Waals surface area contributed by atoms with Crippen LogP contribution in [0.3, 0.4) is 0 Å². The first-order valence-electron chi connectivity index (χ1n) is 8.68. The molecule has 3 rings (SSSR count). The van der Waals surface area contributed by atoms with Crippen molar-refractivity contribution >= 4 is 23.2 Å². The van der Waals surface area contributed by atoms with E-state index in [-0.39, 0.29) is 12.5 Å². The molecule has 0 N–H and O–H groups in total. The Morgan fingerprint density at radius 3 is 2.70 bits per heavy atom. The summed E-state index contributed by atoms with van der Waals surface area (Å²) in [5, 5.41) is 0.704. The van der Waals surface area contributed by atoms with Gasteiger partial charge in [-0.25, -0.2) is 9.78 Å². The number of esters is 1. The summed E-state index contributed by atoms with van der Waals surface area (Å²) in [6.45, 7) is 3.14. The minimum atomic E-state index is -0.414. The van der Waals surface area contributed by atoms with E-state index in [9.17, 15) is 9.59 Å². The number of nitrogens with zero attached hydrogens (tertiary/aromatic N) is 2. The number of ether oxygens (including phenoxy) is 3. The van der Waals surface area contributed by atoms with E-state index in [1.54, 1.807) is 32.1 Å². The number of aryl methyl sites for hydroxylation is 1. The van der Waals surface area contributed by atoms with Crippen LogP contribution in [0.2, 0.25) is 0 Å². The Balaban J connectivity index is 1.68. The molecule has 0 unspecified atom stereocenters. The van der Waals surface area contributed by atoms with Gasteiger partial charge in [0.25, 0.3) is 0 Å². The van der Waals surface area contributed by atoms with Gasteiger partial charge >= 0.3 is 5.97 Å². The molecule has 1 saturated heterocycles. The number of carbonyl (C=O) groups is 2. The monoisotopic (exact) mass is 390 g/mol. The Morgan fingerprint density at radius 2 is 2.04 bits per heavy atom. The normalized spacial score (nSPS) is 13.7. The van der Waals surface area contributed by atoms with Crippen LogP contribution in [-0.2, 0) is 9.53 Å². The van der Waals surface area contributed by atoms with Gasteiger partial charge in [0.15, 0.2) is 11.5 Å². The highest BCUT2D eigenvalue weighted by molar-refractivity contribution is 7.17. The van der Waals surface area contributed by atoms with Crippen molar-refractivity contribution in [3.63, 3.8) is 0 Å². The maximum absolute atomic E-state index is 12.4. The predicted octanol–water partition coefficient (Wildman–Crippen LogP) is 2.91. The van der Waals surface area contributed by atoms with E-state index in [0.717, 1.165) is 18.5 Å². The molecule has 0 aliphatic carbocycles. The van der Waals surface area contributed by atoms with Crippen molar-refractivity contribution in [2.75, 3.05) is 33.9 Å². The number of hydrogen-bond donors (Lipinski definition) is 0. The average molecular weight is 390 g/mol. The third kappa shape index (κ3) is 4.21. The second kappa shape index (κ2) is 8.39. The molecule has 1 amide bonds. The Bertz CT molecular complexity index is 849. The molecule has 7 nitrogen and oxygen atoms in total. The van der Waals surface area contributed by atoms with Gasteiger partial charge in [-0.15, -0.1) is 11.3 Å². The number of amides is 1. The van der Waals surface area contributed by atoms with E-state index < -0.39 is 5.97 Å². The predicted molar refractivity (Wildman–Crippen MR) is 101 cm³/mol. The van der Waals surface area contributed by atoms with Crippen molar-refractivity contribution in [2.45, 2.75) is 19.8 Å². The Kier molecular flexibility index (Phi) is 5.95. The number of aromatic nitrogens is 1. The van der Waals surface area contributed by atoms with Gasteiger partial charge in [0.2, 0.25) is 5.91 Å². The van der Waals surface area contributed by atoms with Crippen LogP contribution in [0.4, 0.5) is 0 Å². The summed E-state index contributed by atoms with van der Waals surface area (Å²) in [4.78, 5) is 30.7. The Hall–Kier alpha value is -2.61. The molecule has 2 heterocycles. The third-order valence-electron chi connectivity index (χ3n) is 4.38. The largest absolute Gasteiger partial charge is 0.493 e. The molecule has 1 fully saturated rings. The molecule has 1 aromatic carbocycles. The highest BCUT2D eigenvalue weighted by atomic mass is 32.1. The van der Waals surface area contributed by atoms with Gasteiger partial charge in [0.05, 0.1) is 26.5 Å². The van der Waals surface area contributed by atoms with Crippen molar-refractivity contribution in [2.24, 2.45) is 0 Å². The Labute approximate surface area is 161 Å². The lowest BCUT2D eigenvalue weighted by atomic mass is 10.2. The standard InChI is InChI=1S/C19H22N2O5S/c1-12-17(19(23)26-10-9-21-8-4-5-16(21)22)27-18(20-12)13-6-7-14(24-2)15(11-13)25-3/h6-7,11H,4-5,8-10H2,1-3H3. The van der Waals surface area contributed by atoms with Crippen LogP contribution in [0.15, 0.2) is 18.2 Å². The van der Waals surface area contributed by atoms with Crippen LogP contribution in [0.1, 0.15) is 28.2 Å². The molecule has 0 bridgehead atoms. The van der Waals surface area contributed by atoms with Crippen LogP contribution < -0.4 is 9.47 Å². The van der Waals surface area contributed by atoms with Crippen LogP contribution in [0, 0.1) is 6.92 Å². The van der Waals surface area contributed by atoms with Gasteiger partial charge in [-0.1, -0.05) is 0 Å². The molecule has 0 atom stereocenters. The molecule has 1 aromatic heterocycles. The van der Waals surface area contributed by atoms with Gasteiger partial charge in [-0.05, 0) is 31.5 Å². The summed E-state index contributed by atoms with van der Waals surface area (Å²) in [5.41, 5.74) is 1.45. The molecular formula is C19H22N2O5S. The van der Waals surface area contributed by atoms with E-state index in [1.807, 2.05) is 12.1 Å². The van der Waals surface area contributed by atoms with E-state index in [2.05, 4.69) is 4.98 Å². The van der Waals surface area contributed by atoms with Gasteiger partial charge in [-0.2, -0.15) is 0 Å². The van der Waals surface area contributed by atoms with Crippen LogP contribution in [0.5, 0.6) is 11.5 Å². The Morgan fingerprint density at radius 1 is 1.26 bits per heavy atom. The summed E-state index contributed by atoms with van der Waals surface area (Å²) >= 11 is 1.27. The highest BCUT2D eigenvalue weighted by Crippen LogP contribution is 2.35. The minimum Gasteiger partial charge on any atom is -0.493 e. The fourth-order valence-corrected chi connectivity index (χ4v) is 3.89. The number of hydrogen-bond acceptors (Lipinski definition) is 7. The quantitative estimate of drug-likeness (QED) is 0.677. The minimum absolute atomic E-state index is 0.121. The molecule has 1 aliphatic rings. The van der Waals surface area contributed by atoms with E-state index >= 15 is 0 Å². The zero-order valence-electron chi connectivity index (χ0n) is 15.6. The van der Waals surface area contributed by atoms with E-state index in [4.69, 9.17) is 14.2 Å². The van der Waals surface area contributed by atoms with E-state index in [1.165, 1.54) is 11.3 Å². The first kappa shape index (κ1) is 19.2. The smallest absolute Gasteiger partial charge is 0.350 e. The van der Waals surface area contributed by atoms with Crippen LogP contribution >= 0.6 is 11.3 Å². The van der Waals surface area contributed by atoms with Crippen molar-refractivity contribution in [1.29, 1.82) is 0 Å². The summed E-state index contributed by atoms with van der Waals surface area (Å²) in [6, 6.07) is 5.49. The SMILES string of the molecule is COc1ccc(-c2nc(C)c(C(=O)OCCN3CCCC3=O)s2)cc1OC. The fraction of sp³-hybridized carbons (Fsp3) is 0.421. The summed E-state index contributed by atoms with van der Waals surface area (Å²) in [7, 11) is 3.15. The van der Waals surface area contributed by atoms with Gasteiger partial charge < -0.3 is 19.1 Å². The zero-order chi connectivity index (χ0) is 19.4. The number of methoxy groups -OCH3 is 2. The van der Waals surface area contributed by atoms with Crippen molar-refractivity contribution in [1.82, 2.24) is 9.88 Å². The first-order chi connectivity index (χ1) is 13.0. The molecule has 0 radical (unpaired) electrons. The molecule has 144 valence electrons. The second-order valence-electron chi connectivity index (χ2n) is 6.12. The maximum atomic E-state index is 12.4. The highest BCUT2D eigenvalue weighted by Gasteiger charge is 2.22. The lowest BCUT2D eigenvalue weighted by Crippen LogP contribution is -2.29. The zero-order valence-corrected chi connectivity index (χ0v) is 16.4. The number of likely N-dealkylation sites (tertiary alicyclic amines) is 1. The number of rotatable bonds is 7. The number of thiazole rings is 1. The van der Waals surface area contributed by atoms with Crippen molar-refractivity contribution < 1.29 is 23.8 Å². The number of carbonyl (C=O) groups excluding carboxylic acids is 2. The average Bonchev–Trinajstić information content (AvgIpc) is 3.26. The third-order valence-corrected chi connectivity index (χ3v) is 5.56. The summed E-state index contributed by atoms with van der Waals surface area (Å²) in [6.07, 6.45) is 1.45. The van der Waals surface area contributed by atoms with E-state index in [0.29, 0.717) is 40.0 Å². The summed E-state index contributed by atoms with van der Waals surface area (Å²) in [5.74, 6) is 0.937. The van der Waals surface area contributed by atoms with Crippen molar-refractivity contribution in [3.05, 3.63) is 28.8 Å². The molecule has 27 heavy (non-hydrogen) atoms. The van der Waals surface area contributed by atoms with Gasteiger partial charge in [0, 0.05) is 18.5 Å². The molecule has 2 aromatic rings. The van der Waals surface area contributed by atoms with Crippen LogP contribution in [0.25, 0.3) is 10.6 Å². The maximum Gasteiger partial charge on any atom is 0.350 e. The summed E-state index contributed by atoms with van der Waals surface area (Å²) < 4.78 is 15.9. The molecule has 0 spiro atoms. The molecule has 1 aliphatic heterocycles. The second-order valence-corrected chi connectivity index (χ2v) is 7.12. The molecule has 8 heteroatoms.